The Labute approximate surface area is 276 Å². The first-order chi connectivity index (χ1) is 22.5. The first kappa shape index (κ1) is 35.4. The summed E-state index contributed by atoms with van der Waals surface area (Å²) in [6, 6.07) is 13.0. The lowest BCUT2D eigenvalue weighted by Gasteiger charge is -2.36. The molecule has 12 heteroatoms. The maximum atomic E-state index is 14.3. The second-order valence-corrected chi connectivity index (χ2v) is 12.3. The molecule has 0 aliphatic carbocycles. The third-order valence-electron chi connectivity index (χ3n) is 8.40. The molecule has 47 heavy (non-hydrogen) atoms. The molecule has 0 radical (unpaired) electrons. The van der Waals surface area contributed by atoms with Crippen LogP contribution in [-0.4, -0.2) is 89.5 Å². The molecule has 4 rings (SSSR count). The monoisotopic (exact) mass is 649 g/mol. The number of carbonyl (C=O) groups excluding carboxylic acids is 3. The van der Waals surface area contributed by atoms with Gasteiger partial charge >= 0.3 is 6.03 Å². The molecule has 2 aromatic carbocycles. The molecule has 4 amide bonds. The van der Waals surface area contributed by atoms with Gasteiger partial charge in [-0.1, -0.05) is 30.3 Å². The Balaban J connectivity index is 1.61. The van der Waals surface area contributed by atoms with Crippen LogP contribution in [0.4, 0.5) is 16.2 Å². The first-order valence-electron chi connectivity index (χ1n) is 16.1. The van der Waals surface area contributed by atoms with E-state index in [1.807, 2.05) is 32.0 Å². The Kier molecular flexibility index (Phi) is 12.4. The number of nitrogens with zero attached hydrogens (tertiary/aromatic N) is 3. The highest BCUT2D eigenvalue weighted by Gasteiger charge is 2.31. The summed E-state index contributed by atoms with van der Waals surface area (Å²) in [5.74, 6) is 0.183. The van der Waals surface area contributed by atoms with Crippen LogP contribution < -0.4 is 15.4 Å². The number of aliphatic hydroxyl groups is 1. The maximum Gasteiger partial charge on any atom is 0.323 e. The lowest BCUT2D eigenvalue weighted by atomic mass is 10.0. The van der Waals surface area contributed by atoms with Crippen molar-refractivity contribution in [3.63, 3.8) is 0 Å². The van der Waals surface area contributed by atoms with Crippen molar-refractivity contribution in [1.29, 1.82) is 0 Å². The largest absolute Gasteiger partial charge is 0.490 e. The van der Waals surface area contributed by atoms with Crippen LogP contribution in [0.2, 0.25) is 0 Å². The zero-order valence-electron chi connectivity index (χ0n) is 28.1. The highest BCUT2D eigenvalue weighted by Crippen LogP contribution is 2.29. The summed E-state index contributed by atoms with van der Waals surface area (Å²) < 4.78 is 17.8. The number of rotatable bonds is 7. The molecule has 2 heterocycles. The minimum Gasteiger partial charge on any atom is -0.490 e. The van der Waals surface area contributed by atoms with Gasteiger partial charge in [0.05, 0.1) is 30.4 Å². The van der Waals surface area contributed by atoms with Crippen molar-refractivity contribution in [2.24, 2.45) is 5.92 Å². The molecule has 4 atom stereocenters. The summed E-state index contributed by atoms with van der Waals surface area (Å²) in [5.41, 5.74) is 2.24. The zero-order chi connectivity index (χ0) is 34.1. The van der Waals surface area contributed by atoms with Gasteiger partial charge in [-0.05, 0) is 77.3 Å². The Bertz CT molecular complexity index is 1490. The van der Waals surface area contributed by atoms with Crippen LogP contribution in [0.5, 0.6) is 5.75 Å². The molecule has 0 saturated heterocycles. The van der Waals surface area contributed by atoms with Crippen LogP contribution in [0.1, 0.15) is 72.2 Å². The van der Waals surface area contributed by atoms with Crippen molar-refractivity contribution in [1.82, 2.24) is 15.0 Å². The summed E-state index contributed by atoms with van der Waals surface area (Å²) in [4.78, 5) is 43.7. The van der Waals surface area contributed by atoms with Crippen molar-refractivity contribution in [3.05, 3.63) is 71.1 Å². The van der Waals surface area contributed by atoms with Gasteiger partial charge in [-0.15, -0.1) is 0 Å². The number of aromatic nitrogens is 1. The summed E-state index contributed by atoms with van der Waals surface area (Å²) in [7, 11) is 1.75. The van der Waals surface area contributed by atoms with Gasteiger partial charge in [-0.2, -0.15) is 0 Å². The third-order valence-corrected chi connectivity index (χ3v) is 8.40. The number of fused-ring (bicyclic) bond motifs is 1. The number of hydrogen-bond acceptors (Lipinski definition) is 8. The Hall–Kier alpha value is -4.42. The molecule has 1 aliphatic heterocycles. The Morgan fingerprint density at radius 1 is 1.11 bits per heavy atom. The van der Waals surface area contributed by atoms with E-state index in [-0.39, 0.29) is 48.7 Å². The fourth-order valence-corrected chi connectivity index (χ4v) is 5.55. The summed E-state index contributed by atoms with van der Waals surface area (Å²) >= 11 is 0. The van der Waals surface area contributed by atoms with Crippen molar-refractivity contribution >= 4 is 29.2 Å². The topological polar surface area (TPSA) is 146 Å². The van der Waals surface area contributed by atoms with Gasteiger partial charge in [-0.25, -0.2) is 4.79 Å². The number of likely N-dealkylation sites (N-methyl/N-ethyl adjacent to an activating group) is 1. The fraction of sp³-hybridized carbons (Fsp3) is 0.486. The number of nitrogens with one attached hydrogen (secondary N) is 2. The van der Waals surface area contributed by atoms with E-state index in [1.165, 1.54) is 0 Å². The molecule has 3 aromatic rings. The first-order valence-corrected chi connectivity index (χ1v) is 16.1. The van der Waals surface area contributed by atoms with Crippen molar-refractivity contribution in [2.75, 3.05) is 44.0 Å². The zero-order valence-corrected chi connectivity index (χ0v) is 28.1. The average molecular weight is 650 g/mol. The lowest BCUT2D eigenvalue weighted by Crippen LogP contribution is -2.48. The van der Waals surface area contributed by atoms with E-state index in [1.54, 1.807) is 68.0 Å². The fourth-order valence-electron chi connectivity index (χ4n) is 5.55. The van der Waals surface area contributed by atoms with E-state index in [9.17, 15) is 19.5 Å². The van der Waals surface area contributed by atoms with Gasteiger partial charge < -0.3 is 39.5 Å². The smallest absolute Gasteiger partial charge is 0.323 e. The number of carbonyl (C=O) groups is 3. The second kappa shape index (κ2) is 16.4. The predicted octanol–water partition coefficient (Wildman–Crippen LogP) is 5.50. The number of anilines is 2. The molecule has 12 nitrogen and oxygen atoms in total. The number of aryl methyl sites for hydroxylation is 2. The van der Waals surface area contributed by atoms with Gasteiger partial charge in [0, 0.05) is 43.9 Å². The van der Waals surface area contributed by atoms with E-state index < -0.39 is 12.1 Å². The van der Waals surface area contributed by atoms with E-state index in [0.29, 0.717) is 47.3 Å². The Morgan fingerprint density at radius 3 is 2.53 bits per heavy atom. The standard InChI is InChI=1S/C35H47N5O7/c1-22-19-40(23(2)21-41)34(43)29-18-28(36-35(44)37-32-25(4)38-47-26(32)5)15-16-30(29)46-24(3)12-10-11-17-45-31(22)20-39(6)33(42)27-13-8-7-9-14-27/h7-9,13-16,18,22-24,31,41H,10-12,17,19-21H2,1-6H3,(H2,36,37,44)/t22-,23+,24-,31-/m1/s1. The molecule has 0 bridgehead atoms. The normalized spacial score (nSPS) is 19.9. The molecule has 3 N–H and O–H groups in total. The van der Waals surface area contributed by atoms with Gasteiger partial charge in [-0.3, -0.25) is 9.59 Å². The lowest BCUT2D eigenvalue weighted by molar-refractivity contribution is -0.0149. The highest BCUT2D eigenvalue weighted by molar-refractivity contribution is 6.03. The molecule has 1 aliphatic rings. The van der Waals surface area contributed by atoms with Gasteiger partial charge in [0.1, 0.15) is 17.1 Å². The van der Waals surface area contributed by atoms with E-state index >= 15 is 0 Å². The average Bonchev–Trinajstić information content (AvgIpc) is 3.37. The number of amides is 4. The van der Waals surface area contributed by atoms with Gasteiger partial charge in [0.15, 0.2) is 5.76 Å². The predicted molar refractivity (Wildman–Crippen MR) is 179 cm³/mol. The van der Waals surface area contributed by atoms with Crippen LogP contribution in [0, 0.1) is 19.8 Å². The highest BCUT2D eigenvalue weighted by atomic mass is 16.5. The Morgan fingerprint density at radius 2 is 1.85 bits per heavy atom. The van der Waals surface area contributed by atoms with Gasteiger partial charge in [0.25, 0.3) is 11.8 Å². The SMILES string of the molecule is Cc1noc(C)c1NC(=O)Nc1ccc2c(c1)C(=O)N([C@@H](C)CO)C[C@@H](C)[C@@H](CN(C)C(=O)c1ccccc1)OCCCC[C@@H](C)O2. The molecule has 254 valence electrons. The van der Waals surface area contributed by atoms with Crippen LogP contribution in [-0.2, 0) is 4.74 Å². The molecule has 0 spiro atoms. The second-order valence-electron chi connectivity index (χ2n) is 12.3. The molecule has 0 fully saturated rings. The van der Waals surface area contributed by atoms with Crippen LogP contribution in [0.15, 0.2) is 53.1 Å². The maximum absolute atomic E-state index is 14.3. The van der Waals surface area contributed by atoms with E-state index in [4.69, 9.17) is 14.0 Å². The van der Waals surface area contributed by atoms with Gasteiger partial charge in [0.2, 0.25) is 0 Å². The van der Waals surface area contributed by atoms with Crippen LogP contribution >= 0.6 is 0 Å². The third kappa shape index (κ3) is 9.32. The van der Waals surface area contributed by atoms with E-state index in [2.05, 4.69) is 15.8 Å². The van der Waals surface area contributed by atoms with Crippen molar-refractivity contribution in [3.8, 4) is 5.75 Å². The molecule has 1 aromatic heterocycles. The van der Waals surface area contributed by atoms with Crippen molar-refractivity contribution < 1.29 is 33.5 Å². The summed E-state index contributed by atoms with van der Waals surface area (Å²) in [6.45, 7) is 9.95. The molecule has 0 saturated carbocycles. The number of urea groups is 1. The number of hydrogen-bond donors (Lipinski definition) is 3. The molecular weight excluding hydrogens is 602 g/mol. The number of benzene rings is 2. The minimum atomic E-state index is -0.535. The number of ether oxygens (including phenoxy) is 2. The van der Waals surface area contributed by atoms with E-state index in [0.717, 1.165) is 19.3 Å². The minimum absolute atomic E-state index is 0.115. The van der Waals surface area contributed by atoms with Crippen LogP contribution in [0.25, 0.3) is 0 Å². The molecular formula is C35H47N5O7. The summed E-state index contributed by atoms with van der Waals surface area (Å²) in [6.07, 6.45) is 1.82. The quantitative estimate of drug-likeness (QED) is 0.304. The van der Waals surface area contributed by atoms with Crippen LogP contribution in [0.3, 0.4) is 0 Å². The number of aliphatic hydroxyl groups excluding tert-OH is 1. The summed E-state index contributed by atoms with van der Waals surface area (Å²) in [5, 5.41) is 19.6. The molecule has 0 unspecified atom stereocenters. The van der Waals surface area contributed by atoms with Crippen molar-refractivity contribution in [2.45, 2.75) is 72.1 Å².